The van der Waals surface area contributed by atoms with Gasteiger partial charge in [0.25, 0.3) is 5.91 Å². The van der Waals surface area contributed by atoms with E-state index in [0.717, 1.165) is 0 Å². The van der Waals surface area contributed by atoms with E-state index in [2.05, 4.69) is 5.32 Å². The number of carbonyl (C=O) groups excluding carboxylic acids is 2. The van der Waals surface area contributed by atoms with Crippen molar-refractivity contribution in [1.29, 1.82) is 0 Å². The van der Waals surface area contributed by atoms with Gasteiger partial charge in [0, 0.05) is 44.1 Å². The van der Waals surface area contributed by atoms with Crippen LogP contribution in [0.3, 0.4) is 0 Å². The molecule has 1 aromatic carbocycles. The molecule has 2 aliphatic heterocycles. The lowest BCUT2D eigenvalue weighted by atomic mass is 9.74. The lowest BCUT2D eigenvalue weighted by Crippen LogP contribution is -2.45. The Kier molecular flexibility index (Phi) is 5.56. The summed E-state index contributed by atoms with van der Waals surface area (Å²) in [6.07, 6.45) is 1.26. The number of carbonyl (C=O) groups is 3. The molecule has 0 bridgehead atoms. The topological polar surface area (TPSA) is 95.9 Å². The molecule has 7 nitrogen and oxygen atoms in total. The number of rotatable bonds is 6. The molecule has 2 fully saturated rings. The Labute approximate surface area is 152 Å². The zero-order valence-corrected chi connectivity index (χ0v) is 14.6. The van der Waals surface area contributed by atoms with E-state index in [-0.39, 0.29) is 24.3 Å². The monoisotopic (exact) mass is 360 g/mol. The molecule has 140 valence electrons. The third-order valence-corrected chi connectivity index (χ3v) is 5.37. The highest BCUT2D eigenvalue weighted by Crippen LogP contribution is 2.42. The average molecular weight is 360 g/mol. The molecule has 2 heterocycles. The van der Waals surface area contributed by atoms with Gasteiger partial charge in [0.1, 0.15) is 0 Å². The first-order valence-electron chi connectivity index (χ1n) is 8.95. The number of likely N-dealkylation sites (tertiary alicyclic amines) is 1. The van der Waals surface area contributed by atoms with Crippen LogP contribution in [0.5, 0.6) is 0 Å². The summed E-state index contributed by atoms with van der Waals surface area (Å²) in [5, 5.41) is 12.4. The van der Waals surface area contributed by atoms with Gasteiger partial charge in [0.2, 0.25) is 5.91 Å². The Morgan fingerprint density at radius 3 is 2.73 bits per heavy atom. The Hall–Kier alpha value is -2.41. The standard InChI is InChI=1S/C19H24N2O5/c22-16(7-4-9-20-17(23)14-5-2-1-3-6-14)21-11-15-12-26-10-8-19(15,13-21)18(24)25/h1-3,5-6,15H,4,7-13H2,(H,20,23)(H,24,25)/t15-,19+/m0/s1. The highest BCUT2D eigenvalue weighted by molar-refractivity contribution is 5.94. The minimum atomic E-state index is -0.866. The SMILES string of the molecule is O=C(NCCCC(=O)N1C[C@H]2COCC[C@@]2(C(=O)O)C1)c1ccccc1. The fourth-order valence-electron chi connectivity index (χ4n) is 3.78. The molecular formula is C19H24N2O5. The molecule has 2 atom stereocenters. The van der Waals surface area contributed by atoms with Gasteiger partial charge in [-0.25, -0.2) is 0 Å². The first-order chi connectivity index (χ1) is 12.5. The van der Waals surface area contributed by atoms with Gasteiger partial charge in [-0.1, -0.05) is 18.2 Å². The highest BCUT2D eigenvalue weighted by atomic mass is 16.5. The van der Waals surface area contributed by atoms with Crippen LogP contribution in [-0.4, -0.2) is 60.6 Å². The molecule has 1 aromatic rings. The Morgan fingerprint density at radius 2 is 2.04 bits per heavy atom. The first kappa shape index (κ1) is 18.4. The van der Waals surface area contributed by atoms with Crippen molar-refractivity contribution in [3.05, 3.63) is 35.9 Å². The van der Waals surface area contributed by atoms with Crippen molar-refractivity contribution in [2.75, 3.05) is 32.8 Å². The van der Waals surface area contributed by atoms with Crippen molar-refractivity contribution in [2.45, 2.75) is 19.3 Å². The van der Waals surface area contributed by atoms with Gasteiger partial charge >= 0.3 is 5.97 Å². The van der Waals surface area contributed by atoms with E-state index in [1.165, 1.54) is 0 Å². The predicted octanol–water partition coefficient (Wildman–Crippen LogP) is 1.15. The van der Waals surface area contributed by atoms with Crippen LogP contribution in [0.4, 0.5) is 0 Å². The molecule has 0 radical (unpaired) electrons. The highest BCUT2D eigenvalue weighted by Gasteiger charge is 2.54. The first-order valence-corrected chi connectivity index (χ1v) is 8.95. The van der Waals surface area contributed by atoms with Crippen molar-refractivity contribution < 1.29 is 24.2 Å². The lowest BCUT2D eigenvalue weighted by molar-refractivity contribution is -0.157. The van der Waals surface area contributed by atoms with E-state index < -0.39 is 11.4 Å². The molecule has 7 heteroatoms. The molecule has 0 unspecified atom stereocenters. The summed E-state index contributed by atoms with van der Waals surface area (Å²) in [7, 11) is 0. The molecule has 0 spiro atoms. The number of carboxylic acid groups (broad SMARTS) is 1. The zero-order chi connectivity index (χ0) is 18.6. The molecule has 0 aliphatic carbocycles. The molecule has 2 N–H and O–H groups in total. The molecule has 3 rings (SSSR count). The summed E-state index contributed by atoms with van der Waals surface area (Å²) in [4.78, 5) is 37.8. The number of hydrogen-bond donors (Lipinski definition) is 2. The lowest BCUT2D eigenvalue weighted by Gasteiger charge is -2.33. The number of fused-ring (bicyclic) bond motifs is 1. The Bertz CT molecular complexity index is 678. The maximum Gasteiger partial charge on any atom is 0.311 e. The third-order valence-electron chi connectivity index (χ3n) is 5.37. The van der Waals surface area contributed by atoms with Crippen LogP contribution in [-0.2, 0) is 14.3 Å². The van der Waals surface area contributed by atoms with E-state index in [0.29, 0.717) is 51.1 Å². The quantitative estimate of drug-likeness (QED) is 0.742. The van der Waals surface area contributed by atoms with Crippen molar-refractivity contribution in [1.82, 2.24) is 10.2 Å². The summed E-state index contributed by atoms with van der Waals surface area (Å²) in [6.45, 7) is 1.91. The summed E-state index contributed by atoms with van der Waals surface area (Å²) in [6, 6.07) is 8.91. The minimum Gasteiger partial charge on any atom is -0.481 e. The van der Waals surface area contributed by atoms with Crippen LogP contribution >= 0.6 is 0 Å². The summed E-state index contributed by atoms with van der Waals surface area (Å²) < 4.78 is 5.40. The van der Waals surface area contributed by atoms with Crippen LogP contribution in [0.2, 0.25) is 0 Å². The van der Waals surface area contributed by atoms with Crippen LogP contribution in [0.25, 0.3) is 0 Å². The summed E-state index contributed by atoms with van der Waals surface area (Å²) in [5.74, 6) is -1.20. The molecule has 2 aliphatic rings. The number of nitrogens with zero attached hydrogens (tertiary/aromatic N) is 1. The summed E-state index contributed by atoms with van der Waals surface area (Å²) >= 11 is 0. The van der Waals surface area contributed by atoms with Crippen LogP contribution in [0, 0.1) is 11.3 Å². The molecule has 2 amide bonds. The molecular weight excluding hydrogens is 336 g/mol. The third kappa shape index (κ3) is 3.72. The van der Waals surface area contributed by atoms with Gasteiger partial charge in [-0.15, -0.1) is 0 Å². The van der Waals surface area contributed by atoms with Gasteiger partial charge in [-0.05, 0) is 25.0 Å². The van der Waals surface area contributed by atoms with E-state index in [1.54, 1.807) is 29.2 Å². The number of hydrogen-bond acceptors (Lipinski definition) is 4. The number of ether oxygens (including phenoxy) is 1. The van der Waals surface area contributed by atoms with Gasteiger partial charge in [-0.3, -0.25) is 14.4 Å². The molecule has 0 aromatic heterocycles. The molecule has 2 saturated heterocycles. The molecule has 26 heavy (non-hydrogen) atoms. The van der Waals surface area contributed by atoms with Crippen molar-refractivity contribution in [3.63, 3.8) is 0 Å². The zero-order valence-electron chi connectivity index (χ0n) is 14.6. The van der Waals surface area contributed by atoms with Crippen molar-refractivity contribution in [3.8, 4) is 0 Å². The normalized spacial score (nSPS) is 24.8. The van der Waals surface area contributed by atoms with Gasteiger partial charge in [0.05, 0.1) is 12.0 Å². The van der Waals surface area contributed by atoms with E-state index in [4.69, 9.17) is 4.74 Å². The fraction of sp³-hybridized carbons (Fsp3) is 0.526. The van der Waals surface area contributed by atoms with Crippen LogP contribution < -0.4 is 5.32 Å². The number of benzene rings is 1. The average Bonchev–Trinajstić information content (AvgIpc) is 3.07. The predicted molar refractivity (Wildman–Crippen MR) is 93.6 cm³/mol. The minimum absolute atomic E-state index is 0.0611. The van der Waals surface area contributed by atoms with Gasteiger partial charge in [0.15, 0.2) is 0 Å². The smallest absolute Gasteiger partial charge is 0.311 e. The second-order valence-electron chi connectivity index (χ2n) is 6.98. The number of amides is 2. The number of aliphatic carboxylic acids is 1. The van der Waals surface area contributed by atoms with E-state index >= 15 is 0 Å². The second-order valence-corrected chi connectivity index (χ2v) is 6.98. The number of carboxylic acids is 1. The Morgan fingerprint density at radius 1 is 1.27 bits per heavy atom. The Balaban J connectivity index is 1.46. The largest absolute Gasteiger partial charge is 0.481 e. The van der Waals surface area contributed by atoms with Crippen LogP contribution in [0.1, 0.15) is 29.6 Å². The fourth-order valence-corrected chi connectivity index (χ4v) is 3.78. The van der Waals surface area contributed by atoms with E-state index in [1.807, 2.05) is 6.07 Å². The van der Waals surface area contributed by atoms with Crippen molar-refractivity contribution in [2.24, 2.45) is 11.3 Å². The second kappa shape index (κ2) is 7.86. The van der Waals surface area contributed by atoms with Crippen molar-refractivity contribution >= 4 is 17.8 Å². The van der Waals surface area contributed by atoms with Gasteiger partial charge in [-0.2, -0.15) is 0 Å². The number of nitrogens with one attached hydrogen (secondary N) is 1. The van der Waals surface area contributed by atoms with Crippen LogP contribution in [0.15, 0.2) is 30.3 Å². The van der Waals surface area contributed by atoms with Gasteiger partial charge < -0.3 is 20.1 Å². The maximum atomic E-state index is 12.4. The molecule has 0 saturated carbocycles. The van der Waals surface area contributed by atoms with E-state index in [9.17, 15) is 19.5 Å². The maximum absolute atomic E-state index is 12.4. The summed E-state index contributed by atoms with van der Waals surface area (Å²) in [5.41, 5.74) is -0.277.